The highest BCUT2D eigenvalue weighted by atomic mass is 35.5. The van der Waals surface area contributed by atoms with Crippen LogP contribution in [0, 0.1) is 15.8 Å². The molecule has 2 rings (SSSR count). The maximum Gasteiger partial charge on any atom is 0.298 e. The number of rotatable bonds is 6. The molecule has 0 unspecified atom stereocenters. The van der Waals surface area contributed by atoms with Crippen LogP contribution in [0.15, 0.2) is 36.7 Å². The molecule has 0 atom stereocenters. The summed E-state index contributed by atoms with van der Waals surface area (Å²) < 4.78 is 12.3. The Morgan fingerprint density at radius 1 is 1.27 bits per heavy atom. The molecule has 0 saturated heterocycles. The van der Waals surface area contributed by atoms with E-state index in [-0.39, 0.29) is 12.6 Å². The molecule has 7 heteroatoms. The molecule has 112 valence electrons. The SMILES string of the molecule is N#CCn1cc(OCCl)c(=S)c(-c2ccccc2OC=O)c1. The third-order valence-corrected chi connectivity index (χ3v) is 3.39. The third-order valence-electron chi connectivity index (χ3n) is 2.86. The van der Waals surface area contributed by atoms with Gasteiger partial charge in [-0.05, 0) is 6.07 Å². The lowest BCUT2D eigenvalue weighted by atomic mass is 10.1. The number of alkyl halides is 1. The van der Waals surface area contributed by atoms with Crippen LogP contribution in [0.4, 0.5) is 0 Å². The summed E-state index contributed by atoms with van der Waals surface area (Å²) in [5.74, 6) is 0.758. The zero-order chi connectivity index (χ0) is 15.9. The van der Waals surface area contributed by atoms with Crippen molar-refractivity contribution in [2.24, 2.45) is 0 Å². The zero-order valence-corrected chi connectivity index (χ0v) is 12.9. The lowest BCUT2D eigenvalue weighted by molar-refractivity contribution is -0.120. The fraction of sp³-hybridized carbons (Fsp3) is 0.133. The van der Waals surface area contributed by atoms with E-state index in [0.717, 1.165) is 0 Å². The Labute approximate surface area is 137 Å². The summed E-state index contributed by atoms with van der Waals surface area (Å²) in [5, 5.41) is 8.88. The number of halogens is 1. The molecular formula is C15H11ClN2O3S. The second kappa shape index (κ2) is 7.59. The third kappa shape index (κ3) is 3.45. The largest absolute Gasteiger partial charge is 0.475 e. The number of para-hydroxylation sites is 1. The Bertz CT molecular complexity index is 783. The van der Waals surface area contributed by atoms with E-state index in [0.29, 0.717) is 33.6 Å². The number of nitrogens with zero attached hydrogens (tertiary/aromatic N) is 2. The van der Waals surface area contributed by atoms with Crippen molar-refractivity contribution in [3.8, 4) is 28.7 Å². The lowest BCUT2D eigenvalue weighted by Gasteiger charge is -2.13. The minimum absolute atomic E-state index is 0.0634. The van der Waals surface area contributed by atoms with Crippen LogP contribution in [0.5, 0.6) is 11.5 Å². The lowest BCUT2D eigenvalue weighted by Crippen LogP contribution is -2.02. The first-order valence-corrected chi connectivity index (χ1v) is 7.15. The molecule has 0 fully saturated rings. The minimum Gasteiger partial charge on any atom is -0.475 e. The van der Waals surface area contributed by atoms with Gasteiger partial charge in [-0.2, -0.15) is 5.26 Å². The van der Waals surface area contributed by atoms with Crippen molar-refractivity contribution in [1.82, 2.24) is 4.57 Å². The molecule has 0 N–H and O–H groups in total. The minimum atomic E-state index is -0.0634. The molecule has 0 radical (unpaired) electrons. The van der Waals surface area contributed by atoms with Gasteiger partial charge in [0.15, 0.2) is 11.8 Å². The molecule has 2 aromatic rings. The molecule has 0 bridgehead atoms. The highest BCUT2D eigenvalue weighted by Gasteiger charge is 2.12. The molecular weight excluding hydrogens is 324 g/mol. The second-order valence-corrected chi connectivity index (χ2v) is 4.79. The van der Waals surface area contributed by atoms with Gasteiger partial charge in [-0.15, -0.1) is 0 Å². The van der Waals surface area contributed by atoms with Crippen LogP contribution in [0.3, 0.4) is 0 Å². The Hall–Kier alpha value is -2.36. The summed E-state index contributed by atoms with van der Waals surface area (Å²) in [6, 6.07) is 8.95. The van der Waals surface area contributed by atoms with Crippen LogP contribution in [-0.4, -0.2) is 17.1 Å². The van der Waals surface area contributed by atoms with Crippen molar-refractivity contribution in [2.45, 2.75) is 6.54 Å². The topological polar surface area (TPSA) is 64.2 Å². The van der Waals surface area contributed by atoms with Gasteiger partial charge in [-0.25, -0.2) is 0 Å². The number of carbonyl (C=O) groups excluding carboxylic acids is 1. The normalized spacial score (nSPS) is 9.82. The zero-order valence-electron chi connectivity index (χ0n) is 11.4. The molecule has 0 amide bonds. The molecule has 22 heavy (non-hydrogen) atoms. The molecule has 1 aromatic heterocycles. The monoisotopic (exact) mass is 334 g/mol. The maximum absolute atomic E-state index is 10.6. The van der Waals surface area contributed by atoms with E-state index < -0.39 is 0 Å². The number of hydrogen-bond acceptors (Lipinski definition) is 5. The van der Waals surface area contributed by atoms with E-state index in [1.165, 1.54) is 0 Å². The maximum atomic E-state index is 10.6. The van der Waals surface area contributed by atoms with E-state index in [1.807, 2.05) is 6.07 Å². The van der Waals surface area contributed by atoms with Crippen molar-refractivity contribution in [2.75, 3.05) is 6.07 Å². The van der Waals surface area contributed by atoms with Crippen molar-refractivity contribution in [3.63, 3.8) is 0 Å². The van der Waals surface area contributed by atoms with Gasteiger partial charge in [0.1, 0.15) is 12.3 Å². The Kier molecular flexibility index (Phi) is 5.53. The van der Waals surface area contributed by atoms with Crippen molar-refractivity contribution in [1.29, 1.82) is 5.26 Å². The average molecular weight is 335 g/mol. The first-order valence-electron chi connectivity index (χ1n) is 6.20. The molecule has 0 aliphatic rings. The van der Waals surface area contributed by atoms with Gasteiger partial charge in [0.05, 0.1) is 10.6 Å². The Morgan fingerprint density at radius 2 is 2.05 bits per heavy atom. The first kappa shape index (κ1) is 16.0. The number of aromatic nitrogens is 1. The summed E-state index contributed by atoms with van der Waals surface area (Å²) in [6.07, 6.45) is 3.32. The Morgan fingerprint density at radius 3 is 2.73 bits per heavy atom. The van der Waals surface area contributed by atoms with E-state index in [4.69, 9.17) is 38.6 Å². The highest BCUT2D eigenvalue weighted by Crippen LogP contribution is 2.33. The van der Waals surface area contributed by atoms with Crippen LogP contribution < -0.4 is 9.47 Å². The summed E-state index contributed by atoms with van der Waals surface area (Å²) in [7, 11) is 0. The summed E-state index contributed by atoms with van der Waals surface area (Å²) in [5.41, 5.74) is 1.25. The van der Waals surface area contributed by atoms with Crippen molar-refractivity contribution >= 4 is 30.3 Å². The number of pyridine rings is 1. The molecule has 5 nitrogen and oxygen atoms in total. The summed E-state index contributed by atoms with van der Waals surface area (Å²) >= 11 is 11.0. The summed E-state index contributed by atoms with van der Waals surface area (Å²) in [4.78, 5) is 10.6. The van der Waals surface area contributed by atoms with E-state index in [2.05, 4.69) is 0 Å². The van der Waals surface area contributed by atoms with Gasteiger partial charge in [-0.1, -0.05) is 42.0 Å². The quantitative estimate of drug-likeness (QED) is 0.459. The second-order valence-electron chi connectivity index (χ2n) is 4.16. The number of ether oxygens (including phenoxy) is 2. The van der Waals surface area contributed by atoms with Gasteiger partial charge >= 0.3 is 0 Å². The predicted octanol–water partition coefficient (Wildman–Crippen LogP) is 3.52. The van der Waals surface area contributed by atoms with Gasteiger partial charge < -0.3 is 14.0 Å². The van der Waals surface area contributed by atoms with Crippen molar-refractivity contribution < 1.29 is 14.3 Å². The average Bonchev–Trinajstić information content (AvgIpc) is 2.52. The van der Waals surface area contributed by atoms with E-state index in [9.17, 15) is 4.79 Å². The number of nitriles is 1. The van der Waals surface area contributed by atoms with Crippen LogP contribution in [0.2, 0.25) is 0 Å². The predicted molar refractivity (Wildman–Crippen MR) is 84.4 cm³/mol. The number of hydrogen-bond donors (Lipinski definition) is 0. The molecule has 1 aromatic carbocycles. The van der Waals surface area contributed by atoms with Gasteiger partial charge in [-0.3, -0.25) is 4.79 Å². The molecule has 1 heterocycles. The van der Waals surface area contributed by atoms with Crippen LogP contribution in [0.25, 0.3) is 11.1 Å². The fourth-order valence-corrected chi connectivity index (χ4v) is 2.37. The summed E-state index contributed by atoms with van der Waals surface area (Å²) in [6.45, 7) is 0.474. The number of carbonyl (C=O) groups is 1. The first-order chi connectivity index (χ1) is 10.7. The number of benzene rings is 1. The fourth-order valence-electron chi connectivity index (χ4n) is 1.97. The Balaban J connectivity index is 2.66. The van der Waals surface area contributed by atoms with Gasteiger partial charge in [0.2, 0.25) is 0 Å². The smallest absolute Gasteiger partial charge is 0.298 e. The standard InChI is InChI=1S/C15H11ClN2O3S/c16-9-20-14-8-18(6-5-17)7-12(15(14)22)11-3-1-2-4-13(11)21-10-19/h1-4,7-8,10H,6,9H2. The van der Waals surface area contributed by atoms with Crippen LogP contribution in [0.1, 0.15) is 0 Å². The molecule has 0 saturated carbocycles. The molecule has 0 spiro atoms. The highest BCUT2D eigenvalue weighted by molar-refractivity contribution is 7.71. The van der Waals surface area contributed by atoms with Gasteiger partial charge in [0.25, 0.3) is 6.47 Å². The van der Waals surface area contributed by atoms with E-state index in [1.54, 1.807) is 41.2 Å². The molecule has 0 aliphatic carbocycles. The van der Waals surface area contributed by atoms with Crippen LogP contribution in [-0.2, 0) is 11.3 Å². The van der Waals surface area contributed by atoms with E-state index >= 15 is 0 Å². The van der Waals surface area contributed by atoms with Crippen LogP contribution >= 0.6 is 23.8 Å². The van der Waals surface area contributed by atoms with Crippen molar-refractivity contribution in [3.05, 3.63) is 41.2 Å². The molecule has 0 aliphatic heterocycles. The van der Waals surface area contributed by atoms with Gasteiger partial charge in [0, 0.05) is 23.5 Å².